The summed E-state index contributed by atoms with van der Waals surface area (Å²) in [6.07, 6.45) is -4.59. The number of halogens is 4. The van der Waals surface area contributed by atoms with Gasteiger partial charge in [0.25, 0.3) is 0 Å². The van der Waals surface area contributed by atoms with Crippen molar-refractivity contribution in [3.8, 4) is 11.1 Å². The molecule has 25 heavy (non-hydrogen) atoms. The normalized spacial score (nSPS) is 11.6. The average molecular weight is 351 g/mol. The molecule has 5 nitrogen and oxygen atoms in total. The minimum absolute atomic E-state index is 0.0370. The maximum absolute atomic E-state index is 13.5. The topological polar surface area (TPSA) is 79.6 Å². The largest absolute Gasteiger partial charge is 0.417 e. The van der Waals surface area contributed by atoms with E-state index in [0.717, 1.165) is 12.1 Å². The fourth-order valence-electron chi connectivity index (χ4n) is 2.48. The fraction of sp³-hybridized carbons (Fsp3) is 0.125. The van der Waals surface area contributed by atoms with Crippen molar-refractivity contribution in [2.75, 3.05) is 11.1 Å². The molecule has 0 unspecified atom stereocenters. The lowest BCUT2D eigenvalue weighted by Crippen LogP contribution is -2.08. The van der Waals surface area contributed by atoms with Crippen LogP contribution in [0.2, 0.25) is 0 Å². The third-order valence-electron chi connectivity index (χ3n) is 3.56. The summed E-state index contributed by atoms with van der Waals surface area (Å²) < 4.78 is 53.8. The number of nitrogens with one attached hydrogen (secondary N) is 2. The highest BCUT2D eigenvalue weighted by Gasteiger charge is 2.34. The average Bonchev–Trinajstić information content (AvgIpc) is 2.92. The first kappa shape index (κ1) is 16.7. The number of alkyl halides is 3. The number of rotatable bonds is 3. The quantitative estimate of drug-likeness (QED) is 0.616. The first-order chi connectivity index (χ1) is 11.7. The Kier molecular flexibility index (Phi) is 4.07. The van der Waals surface area contributed by atoms with Crippen molar-refractivity contribution in [2.24, 2.45) is 0 Å². The number of nitrogens with zero attached hydrogens (tertiary/aromatic N) is 2. The Labute approximate surface area is 139 Å². The zero-order chi connectivity index (χ0) is 18.2. The van der Waals surface area contributed by atoms with Crippen molar-refractivity contribution >= 4 is 17.6 Å². The van der Waals surface area contributed by atoms with Gasteiger partial charge in [-0.05, 0) is 47.9 Å². The highest BCUT2D eigenvalue weighted by molar-refractivity contribution is 5.74. The smallest absolute Gasteiger partial charge is 0.368 e. The molecule has 0 aliphatic carbocycles. The van der Waals surface area contributed by atoms with Crippen molar-refractivity contribution in [2.45, 2.75) is 13.1 Å². The first-order valence-corrected chi connectivity index (χ1v) is 7.17. The molecule has 0 aliphatic heterocycles. The van der Waals surface area contributed by atoms with Gasteiger partial charge in [-0.25, -0.2) is 9.49 Å². The number of hydrogen-bond donors (Lipinski definition) is 3. The molecule has 0 atom stereocenters. The monoisotopic (exact) mass is 351 g/mol. The standard InChI is InChI=1S/C16H13F4N5/c1-8-6-9(17)2-4-11(8)12-5-3-10(7-13(12)16(18,19)20)22-15-23-14(21)24-25-15/h2-7H,1H3,(H4,21,22,23,24,25). The van der Waals surface area contributed by atoms with E-state index in [1.807, 2.05) is 0 Å². The molecule has 0 saturated carbocycles. The molecule has 2 aromatic carbocycles. The molecule has 0 radical (unpaired) electrons. The van der Waals surface area contributed by atoms with Gasteiger partial charge >= 0.3 is 6.18 Å². The van der Waals surface area contributed by atoms with Gasteiger partial charge in [0, 0.05) is 5.69 Å². The minimum atomic E-state index is -4.59. The highest BCUT2D eigenvalue weighted by atomic mass is 19.4. The van der Waals surface area contributed by atoms with E-state index < -0.39 is 17.6 Å². The van der Waals surface area contributed by atoms with Gasteiger partial charge in [0.1, 0.15) is 5.82 Å². The van der Waals surface area contributed by atoms with Crippen LogP contribution in [0.1, 0.15) is 11.1 Å². The van der Waals surface area contributed by atoms with Crippen LogP contribution in [0.15, 0.2) is 36.4 Å². The van der Waals surface area contributed by atoms with Crippen LogP contribution in [0.3, 0.4) is 0 Å². The predicted molar refractivity (Wildman–Crippen MR) is 85.7 cm³/mol. The van der Waals surface area contributed by atoms with Crippen molar-refractivity contribution in [3.05, 3.63) is 53.3 Å². The molecule has 0 saturated heterocycles. The predicted octanol–water partition coefficient (Wildman–Crippen LogP) is 4.26. The van der Waals surface area contributed by atoms with Crippen molar-refractivity contribution in [1.29, 1.82) is 0 Å². The molecule has 9 heteroatoms. The van der Waals surface area contributed by atoms with Crippen LogP contribution in [-0.2, 0) is 6.18 Å². The maximum Gasteiger partial charge on any atom is 0.417 e. The number of nitrogen functional groups attached to an aromatic ring is 1. The zero-order valence-corrected chi connectivity index (χ0v) is 12.9. The summed E-state index contributed by atoms with van der Waals surface area (Å²) in [5.41, 5.74) is 5.36. The summed E-state index contributed by atoms with van der Waals surface area (Å²) in [4.78, 5) is 3.78. The van der Waals surface area contributed by atoms with Gasteiger partial charge in [-0.1, -0.05) is 12.1 Å². The SMILES string of the molecule is Cc1cc(F)ccc1-c1ccc(Nc2n[nH]c(N)n2)cc1C(F)(F)F. The Hall–Kier alpha value is -3.10. The van der Waals surface area contributed by atoms with Crippen LogP contribution in [-0.4, -0.2) is 15.2 Å². The molecule has 1 heterocycles. The summed E-state index contributed by atoms with van der Waals surface area (Å²) in [5.74, 6) is -0.413. The Balaban J connectivity index is 2.07. The number of hydrogen-bond acceptors (Lipinski definition) is 4. The second kappa shape index (κ2) is 6.08. The molecule has 130 valence electrons. The molecule has 0 fully saturated rings. The lowest BCUT2D eigenvalue weighted by atomic mass is 9.95. The van der Waals surface area contributed by atoms with E-state index in [-0.39, 0.29) is 23.1 Å². The van der Waals surface area contributed by atoms with Crippen molar-refractivity contribution in [1.82, 2.24) is 15.2 Å². The molecule has 3 aromatic rings. The molecule has 4 N–H and O–H groups in total. The number of anilines is 3. The van der Waals surface area contributed by atoms with Crippen molar-refractivity contribution in [3.63, 3.8) is 0 Å². The highest BCUT2D eigenvalue weighted by Crippen LogP contribution is 2.40. The maximum atomic E-state index is 13.5. The third kappa shape index (κ3) is 3.54. The lowest BCUT2D eigenvalue weighted by Gasteiger charge is -2.16. The van der Waals surface area contributed by atoms with E-state index in [1.54, 1.807) is 6.92 Å². The Morgan fingerprint density at radius 2 is 1.80 bits per heavy atom. The second-order valence-corrected chi connectivity index (χ2v) is 5.39. The lowest BCUT2D eigenvalue weighted by molar-refractivity contribution is -0.137. The number of benzene rings is 2. The van der Waals surface area contributed by atoms with Crippen LogP contribution in [0, 0.1) is 12.7 Å². The number of aryl methyl sites for hydroxylation is 1. The zero-order valence-electron chi connectivity index (χ0n) is 12.9. The molecule has 0 spiro atoms. The molecular formula is C16H13F4N5. The molecule has 0 aliphatic rings. The van der Waals surface area contributed by atoms with Gasteiger partial charge < -0.3 is 11.1 Å². The summed E-state index contributed by atoms with van der Waals surface area (Å²) in [7, 11) is 0. The van der Waals surface area contributed by atoms with Crippen LogP contribution in [0.4, 0.5) is 35.1 Å². The van der Waals surface area contributed by atoms with Gasteiger partial charge in [0.2, 0.25) is 11.9 Å². The van der Waals surface area contributed by atoms with Gasteiger partial charge in [0.15, 0.2) is 0 Å². The Morgan fingerprint density at radius 3 is 2.40 bits per heavy atom. The van der Waals surface area contributed by atoms with E-state index in [0.29, 0.717) is 11.1 Å². The Bertz CT molecular complexity index is 917. The van der Waals surface area contributed by atoms with Gasteiger partial charge in [-0.15, -0.1) is 5.10 Å². The van der Waals surface area contributed by atoms with Crippen LogP contribution in [0.25, 0.3) is 11.1 Å². The molecule has 0 bridgehead atoms. The number of aromatic nitrogens is 3. The van der Waals surface area contributed by atoms with Gasteiger partial charge in [-0.3, -0.25) is 0 Å². The fourth-order valence-corrected chi connectivity index (χ4v) is 2.48. The summed E-state index contributed by atoms with van der Waals surface area (Å²) in [6, 6.07) is 7.38. The molecular weight excluding hydrogens is 338 g/mol. The number of nitrogens with two attached hydrogens (primary N) is 1. The summed E-state index contributed by atoms with van der Waals surface area (Å²) in [5, 5.41) is 8.74. The number of H-pyrrole nitrogens is 1. The first-order valence-electron chi connectivity index (χ1n) is 7.17. The van der Waals surface area contributed by atoms with Crippen molar-refractivity contribution < 1.29 is 17.6 Å². The number of aromatic amines is 1. The molecule has 0 amide bonds. The van der Waals surface area contributed by atoms with E-state index in [9.17, 15) is 17.6 Å². The minimum Gasteiger partial charge on any atom is -0.368 e. The van der Waals surface area contributed by atoms with E-state index in [2.05, 4.69) is 20.5 Å². The van der Waals surface area contributed by atoms with Gasteiger partial charge in [0.05, 0.1) is 5.56 Å². The molecule has 3 rings (SSSR count). The van der Waals surface area contributed by atoms with Crippen LogP contribution < -0.4 is 11.1 Å². The third-order valence-corrected chi connectivity index (χ3v) is 3.56. The summed E-state index contributed by atoms with van der Waals surface area (Å²) >= 11 is 0. The van der Waals surface area contributed by atoms with E-state index in [4.69, 9.17) is 5.73 Å². The second-order valence-electron chi connectivity index (χ2n) is 5.39. The summed E-state index contributed by atoms with van der Waals surface area (Å²) in [6.45, 7) is 1.56. The Morgan fingerprint density at radius 1 is 1.08 bits per heavy atom. The van der Waals surface area contributed by atoms with Crippen LogP contribution >= 0.6 is 0 Å². The van der Waals surface area contributed by atoms with Gasteiger partial charge in [-0.2, -0.15) is 18.2 Å². The van der Waals surface area contributed by atoms with E-state index >= 15 is 0 Å². The molecule has 1 aromatic heterocycles. The van der Waals surface area contributed by atoms with Crippen LogP contribution in [0.5, 0.6) is 0 Å². The van der Waals surface area contributed by atoms with E-state index in [1.165, 1.54) is 24.3 Å².